The van der Waals surface area contributed by atoms with Crippen LogP contribution in [0.2, 0.25) is 0 Å². The van der Waals surface area contributed by atoms with E-state index in [-0.39, 0.29) is 23.1 Å². The molecule has 0 aliphatic carbocycles. The van der Waals surface area contributed by atoms with Crippen LogP contribution in [0.15, 0.2) is 30.7 Å². The average Bonchev–Trinajstić information content (AvgIpc) is 3.33. The fourth-order valence-corrected chi connectivity index (χ4v) is 5.01. The van der Waals surface area contributed by atoms with Crippen LogP contribution >= 0.6 is 0 Å². The first-order chi connectivity index (χ1) is 16.3. The van der Waals surface area contributed by atoms with Gasteiger partial charge in [-0.3, -0.25) is 9.78 Å². The smallest absolute Gasteiger partial charge is 0.377 e. The van der Waals surface area contributed by atoms with Gasteiger partial charge >= 0.3 is 6.18 Å². The Morgan fingerprint density at radius 3 is 2.62 bits per heavy atom. The number of aromatic nitrogens is 5. The summed E-state index contributed by atoms with van der Waals surface area (Å²) in [5.74, 6) is 0.607. The van der Waals surface area contributed by atoms with Crippen LogP contribution in [0.3, 0.4) is 0 Å². The zero-order valence-electron chi connectivity index (χ0n) is 18.2. The van der Waals surface area contributed by atoms with E-state index >= 15 is 0 Å². The van der Waals surface area contributed by atoms with Gasteiger partial charge in [-0.1, -0.05) is 0 Å². The van der Waals surface area contributed by atoms with Crippen LogP contribution < -0.4 is 9.80 Å². The number of rotatable bonds is 3. The van der Waals surface area contributed by atoms with Gasteiger partial charge in [-0.05, 0) is 25.0 Å². The summed E-state index contributed by atoms with van der Waals surface area (Å²) in [5.41, 5.74) is 0.451. The molecule has 0 bridgehead atoms. The molecular weight excluding hydrogens is 451 g/mol. The number of ether oxygens (including phenoxy) is 1. The molecule has 3 aliphatic rings. The Morgan fingerprint density at radius 1 is 1.12 bits per heavy atom. The van der Waals surface area contributed by atoms with Gasteiger partial charge in [0.1, 0.15) is 23.1 Å². The number of hydrogen-bond donors (Lipinski definition) is 0. The molecule has 3 saturated heterocycles. The van der Waals surface area contributed by atoms with Crippen molar-refractivity contribution in [1.29, 1.82) is 0 Å². The minimum absolute atomic E-state index is 0.152. The number of alkyl halides is 3. The molecule has 0 radical (unpaired) electrons. The van der Waals surface area contributed by atoms with Crippen LogP contribution in [0.1, 0.15) is 31.0 Å². The summed E-state index contributed by atoms with van der Waals surface area (Å²) in [6.45, 7) is 3.00. The Balaban J connectivity index is 1.17. The third kappa shape index (κ3) is 3.56. The number of carbonyl (C=O) groups excluding carboxylic acids is 1. The number of halogens is 3. The molecule has 6 rings (SSSR count). The van der Waals surface area contributed by atoms with Gasteiger partial charge in [0, 0.05) is 43.4 Å². The van der Waals surface area contributed by atoms with Gasteiger partial charge in [0.05, 0.1) is 25.6 Å². The minimum Gasteiger partial charge on any atom is -0.377 e. The highest BCUT2D eigenvalue weighted by Crippen LogP contribution is 2.43. The highest BCUT2D eigenvalue weighted by Gasteiger charge is 2.46. The van der Waals surface area contributed by atoms with Crippen molar-refractivity contribution in [2.45, 2.75) is 31.5 Å². The Morgan fingerprint density at radius 2 is 1.91 bits per heavy atom. The highest BCUT2D eigenvalue weighted by molar-refractivity contribution is 5.96. The Labute approximate surface area is 192 Å². The van der Waals surface area contributed by atoms with Crippen LogP contribution in [0.25, 0.3) is 11.2 Å². The summed E-state index contributed by atoms with van der Waals surface area (Å²) in [7, 11) is 0. The van der Waals surface area contributed by atoms with Crippen molar-refractivity contribution in [2.24, 2.45) is 5.41 Å². The molecule has 0 unspecified atom stereocenters. The fraction of sp³-hybridized carbons (Fsp3) is 0.500. The summed E-state index contributed by atoms with van der Waals surface area (Å²) >= 11 is 0. The van der Waals surface area contributed by atoms with Crippen molar-refractivity contribution in [3.8, 4) is 0 Å². The van der Waals surface area contributed by atoms with Crippen LogP contribution in [-0.4, -0.2) is 63.5 Å². The first kappa shape index (κ1) is 21.3. The van der Waals surface area contributed by atoms with Gasteiger partial charge < -0.3 is 14.5 Å². The van der Waals surface area contributed by atoms with Gasteiger partial charge in [0.15, 0.2) is 5.65 Å². The Kier molecular flexibility index (Phi) is 4.77. The lowest BCUT2D eigenvalue weighted by atomic mass is 9.77. The number of piperidine rings is 1. The molecular formula is C22H22F3N7O2. The molecule has 3 fully saturated rings. The van der Waals surface area contributed by atoms with Crippen LogP contribution in [0.4, 0.5) is 24.7 Å². The molecule has 0 saturated carbocycles. The van der Waals surface area contributed by atoms with Gasteiger partial charge in [-0.15, -0.1) is 0 Å². The number of nitrogens with zero attached hydrogens (tertiary/aromatic N) is 7. The third-order valence-electron chi connectivity index (χ3n) is 7.07. The SMILES string of the molecule is O=C1CC2(CCN(c3cnc4cnn(C5COC5)c4n3)CC2)CN1c1ccnc(C(F)(F)F)c1. The molecule has 0 aromatic carbocycles. The molecule has 0 atom stereocenters. The molecule has 1 spiro atoms. The first-order valence-electron chi connectivity index (χ1n) is 11.2. The second-order valence-electron chi connectivity index (χ2n) is 9.26. The van der Waals surface area contributed by atoms with Crippen molar-refractivity contribution in [3.63, 3.8) is 0 Å². The van der Waals surface area contributed by atoms with E-state index in [1.165, 1.54) is 11.0 Å². The van der Waals surface area contributed by atoms with Gasteiger partial charge in [0.2, 0.25) is 5.91 Å². The van der Waals surface area contributed by atoms with Crippen LogP contribution in [0.5, 0.6) is 0 Å². The van der Waals surface area contributed by atoms with Crippen molar-refractivity contribution < 1.29 is 22.7 Å². The Hall–Kier alpha value is -3.28. The fourth-order valence-electron chi connectivity index (χ4n) is 5.01. The molecule has 9 nitrogen and oxygen atoms in total. The van der Waals surface area contributed by atoms with Crippen molar-refractivity contribution in [1.82, 2.24) is 24.7 Å². The topological polar surface area (TPSA) is 89.3 Å². The lowest BCUT2D eigenvalue weighted by Crippen LogP contribution is -2.42. The average molecular weight is 473 g/mol. The first-order valence-corrected chi connectivity index (χ1v) is 11.2. The van der Waals surface area contributed by atoms with E-state index in [1.807, 2.05) is 4.68 Å². The van der Waals surface area contributed by atoms with Crippen LogP contribution in [-0.2, 0) is 15.7 Å². The predicted octanol–water partition coefficient (Wildman–Crippen LogP) is 2.83. The maximum Gasteiger partial charge on any atom is 0.433 e. The van der Waals surface area contributed by atoms with Crippen molar-refractivity contribution >= 4 is 28.6 Å². The van der Waals surface area contributed by atoms with Crippen molar-refractivity contribution in [2.75, 3.05) is 42.6 Å². The zero-order chi connectivity index (χ0) is 23.5. The van der Waals surface area contributed by atoms with E-state index < -0.39 is 11.9 Å². The predicted molar refractivity (Wildman–Crippen MR) is 115 cm³/mol. The lowest BCUT2D eigenvalue weighted by molar-refractivity contribution is -0.141. The number of carbonyl (C=O) groups is 1. The number of pyridine rings is 1. The quantitative estimate of drug-likeness (QED) is 0.578. The summed E-state index contributed by atoms with van der Waals surface area (Å²) < 4.78 is 46.4. The summed E-state index contributed by atoms with van der Waals surface area (Å²) in [5, 5.41) is 4.40. The highest BCUT2D eigenvalue weighted by atomic mass is 19.4. The summed E-state index contributed by atoms with van der Waals surface area (Å²) in [6, 6.07) is 2.59. The minimum atomic E-state index is -4.55. The van der Waals surface area contributed by atoms with Gasteiger partial charge in [0.25, 0.3) is 0 Å². The van der Waals surface area contributed by atoms with E-state index in [2.05, 4.69) is 20.0 Å². The van der Waals surface area contributed by atoms with E-state index in [1.54, 1.807) is 12.4 Å². The number of hydrogen-bond acceptors (Lipinski definition) is 7. The summed E-state index contributed by atoms with van der Waals surface area (Å²) in [6.07, 6.45) is 1.80. The molecule has 34 heavy (non-hydrogen) atoms. The van der Waals surface area contributed by atoms with E-state index in [0.29, 0.717) is 39.3 Å². The van der Waals surface area contributed by atoms with E-state index in [0.717, 1.165) is 42.1 Å². The third-order valence-corrected chi connectivity index (χ3v) is 7.07. The molecule has 0 N–H and O–H groups in total. The maximum atomic E-state index is 13.1. The molecule has 3 aromatic heterocycles. The van der Waals surface area contributed by atoms with Gasteiger partial charge in [-0.25, -0.2) is 14.6 Å². The zero-order valence-corrected chi connectivity index (χ0v) is 18.2. The van der Waals surface area contributed by atoms with Gasteiger partial charge in [-0.2, -0.15) is 18.3 Å². The Bertz CT molecular complexity index is 1250. The van der Waals surface area contributed by atoms with E-state index in [4.69, 9.17) is 9.72 Å². The molecule has 178 valence electrons. The molecule has 3 aromatic rings. The largest absolute Gasteiger partial charge is 0.433 e. The summed E-state index contributed by atoms with van der Waals surface area (Å²) in [4.78, 5) is 29.1. The standard InChI is InChI=1S/C22H22F3N7O2/c23-22(24,25)17-7-14(1-4-26-17)31-13-21(8-19(31)33)2-5-30(6-3-21)18-10-27-16-9-28-32(20(16)29-18)15-11-34-12-15/h1,4,7,9-10,15H,2-3,5-6,8,11-13H2. The molecule has 12 heteroatoms. The normalized spacial score (nSPS) is 21.0. The molecule has 6 heterocycles. The van der Waals surface area contributed by atoms with Crippen LogP contribution in [0, 0.1) is 5.41 Å². The molecule has 1 amide bonds. The second kappa shape index (κ2) is 7.62. The lowest BCUT2D eigenvalue weighted by Gasteiger charge is -2.39. The van der Waals surface area contributed by atoms with Crippen molar-refractivity contribution in [3.05, 3.63) is 36.4 Å². The number of anilines is 2. The number of fused-ring (bicyclic) bond motifs is 1. The number of amides is 1. The van der Waals surface area contributed by atoms with E-state index in [9.17, 15) is 18.0 Å². The maximum absolute atomic E-state index is 13.1. The second-order valence-corrected chi connectivity index (χ2v) is 9.26. The monoisotopic (exact) mass is 473 g/mol. The molecule has 3 aliphatic heterocycles.